The predicted molar refractivity (Wildman–Crippen MR) is 81.8 cm³/mol. The Bertz CT molecular complexity index is 419. The molecule has 1 atom stereocenters. The Morgan fingerprint density at radius 2 is 2.24 bits per heavy atom. The number of nitrogens with zero attached hydrogens (tertiary/aromatic N) is 2. The van der Waals surface area contributed by atoms with Crippen LogP contribution in [0.2, 0.25) is 0 Å². The van der Waals surface area contributed by atoms with Gasteiger partial charge in [-0.1, -0.05) is 0 Å². The average molecular weight is 291 g/mol. The zero-order valence-corrected chi connectivity index (χ0v) is 12.8. The molecule has 21 heavy (non-hydrogen) atoms. The number of hydrogen-bond acceptors (Lipinski definition) is 4. The third kappa shape index (κ3) is 6.23. The van der Waals surface area contributed by atoms with Crippen LogP contribution in [0.5, 0.6) is 0 Å². The van der Waals surface area contributed by atoms with Gasteiger partial charge in [-0.05, 0) is 50.4 Å². The molecule has 1 aliphatic heterocycles. The summed E-state index contributed by atoms with van der Waals surface area (Å²) in [6.45, 7) is 2.73. The third-order valence-corrected chi connectivity index (χ3v) is 3.68. The summed E-state index contributed by atoms with van der Waals surface area (Å²) in [5.74, 6) is 0.0716. The molecular formula is C16H25N3O2. The molecular weight excluding hydrogens is 266 g/mol. The van der Waals surface area contributed by atoms with Crippen LogP contribution in [0.3, 0.4) is 0 Å². The number of pyridine rings is 1. The van der Waals surface area contributed by atoms with Gasteiger partial charge in [0.05, 0.1) is 12.6 Å². The number of carbonyl (C=O) groups is 1. The molecule has 2 heterocycles. The van der Waals surface area contributed by atoms with Crippen LogP contribution in [0.1, 0.15) is 31.2 Å². The molecule has 5 heteroatoms. The molecule has 0 bridgehead atoms. The minimum absolute atomic E-state index is 0.0716. The summed E-state index contributed by atoms with van der Waals surface area (Å²) in [6, 6.07) is 3.93. The highest BCUT2D eigenvalue weighted by Crippen LogP contribution is 2.14. The fourth-order valence-electron chi connectivity index (χ4n) is 2.56. The van der Waals surface area contributed by atoms with Gasteiger partial charge in [-0.15, -0.1) is 0 Å². The number of carbonyl (C=O) groups excluding carboxylic acids is 1. The second-order valence-electron chi connectivity index (χ2n) is 5.65. The fraction of sp³-hybridized carbons (Fsp3) is 0.625. The van der Waals surface area contributed by atoms with Gasteiger partial charge in [0, 0.05) is 32.1 Å². The van der Waals surface area contributed by atoms with Crippen molar-refractivity contribution in [2.75, 3.05) is 26.7 Å². The molecule has 1 saturated heterocycles. The molecule has 0 radical (unpaired) electrons. The van der Waals surface area contributed by atoms with Gasteiger partial charge in [0.25, 0.3) is 0 Å². The van der Waals surface area contributed by atoms with Crippen molar-refractivity contribution in [1.29, 1.82) is 0 Å². The van der Waals surface area contributed by atoms with E-state index in [1.165, 1.54) is 12.8 Å². The van der Waals surface area contributed by atoms with Crippen LogP contribution in [0.15, 0.2) is 24.5 Å². The van der Waals surface area contributed by atoms with E-state index < -0.39 is 0 Å². The van der Waals surface area contributed by atoms with Gasteiger partial charge >= 0.3 is 0 Å². The molecule has 0 saturated carbocycles. The number of rotatable bonds is 7. The van der Waals surface area contributed by atoms with Gasteiger partial charge < -0.3 is 10.1 Å². The largest absolute Gasteiger partial charge is 0.378 e. The molecule has 1 N–H and O–H groups in total. The van der Waals surface area contributed by atoms with Crippen LogP contribution in [-0.4, -0.2) is 48.6 Å². The first-order valence-corrected chi connectivity index (χ1v) is 7.70. The summed E-state index contributed by atoms with van der Waals surface area (Å²) < 4.78 is 5.65. The van der Waals surface area contributed by atoms with Gasteiger partial charge in [0.15, 0.2) is 0 Å². The molecule has 0 unspecified atom stereocenters. The number of nitrogens with one attached hydrogen (secondary N) is 1. The second-order valence-corrected chi connectivity index (χ2v) is 5.65. The van der Waals surface area contributed by atoms with Crippen molar-refractivity contribution in [3.63, 3.8) is 0 Å². The van der Waals surface area contributed by atoms with Gasteiger partial charge in [-0.2, -0.15) is 0 Å². The van der Waals surface area contributed by atoms with Crippen LogP contribution >= 0.6 is 0 Å². The highest BCUT2D eigenvalue weighted by Gasteiger charge is 2.14. The minimum atomic E-state index is 0.0716. The first kappa shape index (κ1) is 15.9. The van der Waals surface area contributed by atoms with E-state index >= 15 is 0 Å². The molecule has 0 spiro atoms. The smallest absolute Gasteiger partial charge is 0.234 e. The van der Waals surface area contributed by atoms with Crippen molar-refractivity contribution in [1.82, 2.24) is 15.2 Å². The van der Waals surface area contributed by atoms with Crippen molar-refractivity contribution in [3.8, 4) is 0 Å². The average Bonchev–Trinajstić information content (AvgIpc) is 2.49. The molecule has 1 aliphatic rings. The first-order chi connectivity index (χ1) is 10.2. The molecule has 0 aliphatic carbocycles. The zero-order valence-electron chi connectivity index (χ0n) is 12.8. The molecule has 1 amide bonds. The van der Waals surface area contributed by atoms with Crippen LogP contribution in [-0.2, 0) is 16.1 Å². The van der Waals surface area contributed by atoms with E-state index in [0.29, 0.717) is 19.2 Å². The monoisotopic (exact) mass is 291 g/mol. The maximum atomic E-state index is 11.9. The summed E-state index contributed by atoms with van der Waals surface area (Å²) in [5, 5.41) is 2.97. The number of hydrogen-bond donors (Lipinski definition) is 1. The van der Waals surface area contributed by atoms with E-state index in [-0.39, 0.29) is 5.91 Å². The van der Waals surface area contributed by atoms with Crippen molar-refractivity contribution < 1.29 is 9.53 Å². The Morgan fingerprint density at radius 3 is 2.95 bits per heavy atom. The maximum absolute atomic E-state index is 11.9. The number of ether oxygens (including phenoxy) is 1. The van der Waals surface area contributed by atoms with Gasteiger partial charge in [-0.25, -0.2) is 0 Å². The number of amides is 1. The van der Waals surface area contributed by atoms with Crippen molar-refractivity contribution >= 4 is 5.91 Å². The summed E-state index contributed by atoms with van der Waals surface area (Å²) in [5.41, 5.74) is 1.16. The lowest BCUT2D eigenvalue weighted by atomic mass is 10.1. The normalized spacial score (nSPS) is 18.7. The van der Waals surface area contributed by atoms with Gasteiger partial charge in [0.2, 0.25) is 5.91 Å². The molecule has 2 rings (SSSR count). The van der Waals surface area contributed by atoms with E-state index in [2.05, 4.69) is 10.3 Å². The quantitative estimate of drug-likeness (QED) is 0.829. The van der Waals surface area contributed by atoms with Crippen LogP contribution in [0, 0.1) is 0 Å². The lowest BCUT2D eigenvalue weighted by Crippen LogP contribution is -2.36. The molecule has 5 nitrogen and oxygen atoms in total. The Labute approximate surface area is 126 Å². The summed E-state index contributed by atoms with van der Waals surface area (Å²) >= 11 is 0. The third-order valence-electron chi connectivity index (χ3n) is 3.68. The summed E-state index contributed by atoms with van der Waals surface area (Å²) in [7, 11) is 1.95. The molecule has 0 aromatic carbocycles. The van der Waals surface area contributed by atoms with Crippen molar-refractivity contribution in [2.24, 2.45) is 0 Å². The first-order valence-electron chi connectivity index (χ1n) is 7.70. The molecule has 116 valence electrons. The second kappa shape index (κ2) is 8.74. The minimum Gasteiger partial charge on any atom is -0.378 e. The van der Waals surface area contributed by atoms with Crippen LogP contribution < -0.4 is 5.32 Å². The topological polar surface area (TPSA) is 54.5 Å². The Kier molecular flexibility index (Phi) is 6.63. The fourth-order valence-corrected chi connectivity index (χ4v) is 2.56. The Hall–Kier alpha value is -1.46. The lowest BCUT2D eigenvalue weighted by molar-refractivity contribution is -0.122. The van der Waals surface area contributed by atoms with E-state index in [9.17, 15) is 4.79 Å². The van der Waals surface area contributed by atoms with E-state index in [1.807, 2.05) is 24.1 Å². The van der Waals surface area contributed by atoms with E-state index in [1.54, 1.807) is 12.4 Å². The van der Waals surface area contributed by atoms with Crippen molar-refractivity contribution in [3.05, 3.63) is 30.1 Å². The highest BCUT2D eigenvalue weighted by atomic mass is 16.5. The zero-order chi connectivity index (χ0) is 14.9. The highest BCUT2D eigenvalue weighted by molar-refractivity contribution is 5.77. The lowest BCUT2D eigenvalue weighted by Gasteiger charge is -2.22. The number of aromatic nitrogens is 1. The number of likely N-dealkylation sites (N-methyl/N-ethyl adjacent to an activating group) is 1. The van der Waals surface area contributed by atoms with E-state index in [0.717, 1.165) is 31.6 Å². The molecule has 1 aromatic rings. The van der Waals surface area contributed by atoms with Gasteiger partial charge in [-0.3, -0.25) is 14.7 Å². The maximum Gasteiger partial charge on any atom is 0.234 e. The summed E-state index contributed by atoms with van der Waals surface area (Å²) in [6.07, 6.45) is 8.32. The Balaban J connectivity index is 1.60. The molecule has 1 fully saturated rings. The molecule has 1 aromatic heterocycles. The van der Waals surface area contributed by atoms with Crippen LogP contribution in [0.4, 0.5) is 0 Å². The van der Waals surface area contributed by atoms with Crippen LogP contribution in [0.25, 0.3) is 0 Å². The SMILES string of the molecule is CN(CC(=O)NCC[C@@H]1CCCCO1)Cc1ccncc1. The van der Waals surface area contributed by atoms with E-state index in [4.69, 9.17) is 4.74 Å². The Morgan fingerprint density at radius 1 is 1.43 bits per heavy atom. The van der Waals surface area contributed by atoms with Crippen molar-refractivity contribution in [2.45, 2.75) is 38.3 Å². The van der Waals surface area contributed by atoms with Gasteiger partial charge in [0.1, 0.15) is 0 Å². The standard InChI is InChI=1S/C16H25N3O2/c1-19(12-14-5-8-17-9-6-14)13-16(20)18-10-7-15-4-2-3-11-21-15/h5-6,8-9,15H,2-4,7,10-13H2,1H3,(H,18,20)/t15-/m0/s1. The predicted octanol–water partition coefficient (Wildman–Crippen LogP) is 1.59. The summed E-state index contributed by atoms with van der Waals surface area (Å²) in [4.78, 5) is 17.9.